The first-order valence-corrected chi connectivity index (χ1v) is 14.7. The summed E-state index contributed by atoms with van der Waals surface area (Å²) in [4.78, 5) is 44.4. The predicted molar refractivity (Wildman–Crippen MR) is 151 cm³/mol. The maximum atomic E-state index is 14.2. The predicted octanol–water partition coefficient (Wildman–Crippen LogP) is 6.65. The Hall–Kier alpha value is -2.96. The number of rotatable bonds is 8. The van der Waals surface area contributed by atoms with Crippen LogP contribution in [0, 0.1) is 11.8 Å². The fourth-order valence-electron chi connectivity index (χ4n) is 6.40. The maximum Gasteiger partial charge on any atom is 0.243 e. The zero-order valence-corrected chi connectivity index (χ0v) is 23.1. The van der Waals surface area contributed by atoms with Crippen molar-refractivity contribution < 1.29 is 14.4 Å². The molecule has 2 aliphatic rings. The molecule has 5 nitrogen and oxygen atoms in total. The Bertz CT molecular complexity index is 1260. The van der Waals surface area contributed by atoms with Crippen LogP contribution < -0.4 is 5.32 Å². The van der Waals surface area contributed by atoms with Gasteiger partial charge in [-0.05, 0) is 47.0 Å². The number of nitrogens with zero attached hydrogens (tertiary/aromatic N) is 1. The normalized spacial score (nSPS) is 23.5. The van der Waals surface area contributed by atoms with Crippen LogP contribution in [-0.2, 0) is 9.59 Å². The Labute approximate surface area is 233 Å². The lowest BCUT2D eigenvalue weighted by molar-refractivity contribution is -0.141. The van der Waals surface area contributed by atoms with Gasteiger partial charge in [0, 0.05) is 24.4 Å². The molecule has 2 heterocycles. The zero-order valence-electron chi connectivity index (χ0n) is 21.5. The number of thiophene rings is 1. The first-order chi connectivity index (χ1) is 18.5. The van der Waals surface area contributed by atoms with Gasteiger partial charge in [0.15, 0.2) is 5.78 Å². The molecule has 2 amide bonds. The van der Waals surface area contributed by atoms with E-state index in [0.29, 0.717) is 22.2 Å². The van der Waals surface area contributed by atoms with Crippen molar-refractivity contribution in [2.45, 2.75) is 56.5 Å². The minimum absolute atomic E-state index is 0.0474. The molecule has 5 rings (SSSR count). The van der Waals surface area contributed by atoms with E-state index in [9.17, 15) is 14.4 Å². The van der Waals surface area contributed by atoms with E-state index >= 15 is 0 Å². The molecule has 4 unspecified atom stereocenters. The van der Waals surface area contributed by atoms with Crippen molar-refractivity contribution in [3.05, 3.63) is 93.1 Å². The van der Waals surface area contributed by atoms with Gasteiger partial charge in [-0.2, -0.15) is 0 Å². The Morgan fingerprint density at radius 2 is 1.66 bits per heavy atom. The fourth-order valence-corrected chi connectivity index (χ4v) is 7.24. The second-order valence-electron chi connectivity index (χ2n) is 10.3. The number of amides is 2. The van der Waals surface area contributed by atoms with E-state index < -0.39 is 23.9 Å². The average Bonchev–Trinajstić information content (AvgIpc) is 3.72. The molecule has 1 saturated carbocycles. The molecule has 1 aliphatic carbocycles. The smallest absolute Gasteiger partial charge is 0.243 e. The lowest BCUT2D eigenvalue weighted by atomic mass is 9.77. The van der Waals surface area contributed by atoms with Crippen LogP contribution in [0.2, 0.25) is 5.02 Å². The van der Waals surface area contributed by atoms with Crippen molar-refractivity contribution in [2.24, 2.45) is 11.8 Å². The lowest BCUT2D eigenvalue weighted by Crippen LogP contribution is -2.47. The van der Waals surface area contributed by atoms with E-state index in [1.165, 1.54) is 24.2 Å². The summed E-state index contributed by atoms with van der Waals surface area (Å²) in [5, 5.41) is 5.26. The third-order valence-electron chi connectivity index (χ3n) is 8.17. The van der Waals surface area contributed by atoms with Crippen molar-refractivity contribution in [3.63, 3.8) is 0 Å². The van der Waals surface area contributed by atoms with E-state index in [-0.39, 0.29) is 17.6 Å². The monoisotopic (exact) mass is 548 g/mol. The van der Waals surface area contributed by atoms with E-state index in [1.807, 2.05) is 60.0 Å². The van der Waals surface area contributed by atoms with E-state index in [0.717, 1.165) is 30.4 Å². The highest BCUT2D eigenvalue weighted by atomic mass is 35.5. The van der Waals surface area contributed by atoms with Crippen LogP contribution in [0.3, 0.4) is 0 Å². The number of likely N-dealkylation sites (tertiary alicyclic amines) is 1. The second-order valence-corrected chi connectivity index (χ2v) is 11.7. The quantitative estimate of drug-likeness (QED) is 0.320. The highest BCUT2D eigenvalue weighted by Gasteiger charge is 2.57. The van der Waals surface area contributed by atoms with Crippen molar-refractivity contribution in [2.75, 3.05) is 7.05 Å². The molecule has 1 N–H and O–H groups in total. The molecule has 3 aromatic rings. The van der Waals surface area contributed by atoms with Crippen LogP contribution in [0.5, 0.6) is 0 Å². The van der Waals surface area contributed by atoms with Gasteiger partial charge in [-0.15, -0.1) is 11.3 Å². The molecule has 0 radical (unpaired) electrons. The molecule has 2 fully saturated rings. The molecule has 1 aromatic heterocycles. The van der Waals surface area contributed by atoms with Gasteiger partial charge in [0.2, 0.25) is 11.8 Å². The largest absolute Gasteiger partial charge is 0.357 e. The fraction of sp³-hybridized carbons (Fsp3) is 0.387. The van der Waals surface area contributed by atoms with E-state index in [1.54, 1.807) is 24.1 Å². The minimum atomic E-state index is -0.823. The van der Waals surface area contributed by atoms with Crippen LogP contribution in [0.4, 0.5) is 0 Å². The number of hydrogen-bond acceptors (Lipinski definition) is 4. The SMILES string of the molecule is CNC(=O)C1C(c2ccc(Cl)cc2)C(C(=O)c2cccs2)C(c2ccccc2)N1C(=O)CCC1CCCC1. The number of nitrogens with one attached hydrogen (secondary N) is 1. The molecule has 4 atom stereocenters. The van der Waals surface area contributed by atoms with Gasteiger partial charge in [-0.25, -0.2) is 0 Å². The molecule has 2 aromatic carbocycles. The van der Waals surface area contributed by atoms with Crippen LogP contribution in [0.25, 0.3) is 0 Å². The maximum absolute atomic E-state index is 14.2. The molecule has 198 valence electrons. The number of ketones is 1. The Morgan fingerprint density at radius 1 is 0.947 bits per heavy atom. The van der Waals surface area contributed by atoms with Crippen molar-refractivity contribution in [3.8, 4) is 0 Å². The molecule has 0 bridgehead atoms. The summed E-state index contributed by atoms with van der Waals surface area (Å²) in [5.74, 6) is -0.988. The van der Waals surface area contributed by atoms with E-state index in [4.69, 9.17) is 11.6 Å². The molecule has 7 heteroatoms. The number of carbonyl (C=O) groups excluding carboxylic acids is 3. The molecule has 0 spiro atoms. The lowest BCUT2D eigenvalue weighted by Gasteiger charge is -2.32. The number of hydrogen-bond donors (Lipinski definition) is 1. The van der Waals surface area contributed by atoms with Gasteiger partial charge in [0.25, 0.3) is 0 Å². The van der Waals surface area contributed by atoms with Crippen LogP contribution in [0.1, 0.15) is 71.3 Å². The van der Waals surface area contributed by atoms with Gasteiger partial charge >= 0.3 is 0 Å². The summed E-state index contributed by atoms with van der Waals surface area (Å²) < 4.78 is 0. The van der Waals surface area contributed by atoms with Crippen molar-refractivity contribution in [1.82, 2.24) is 10.2 Å². The van der Waals surface area contributed by atoms with Crippen molar-refractivity contribution >= 4 is 40.5 Å². The third kappa shape index (κ3) is 5.29. The number of likely N-dealkylation sites (N-methyl/N-ethyl adjacent to an activating group) is 1. The van der Waals surface area contributed by atoms with Crippen LogP contribution >= 0.6 is 22.9 Å². The molecular formula is C31H33ClN2O3S. The van der Waals surface area contributed by atoms with Crippen LogP contribution in [0.15, 0.2) is 72.1 Å². The summed E-state index contributed by atoms with van der Waals surface area (Å²) in [6, 6.07) is 19.3. The number of Topliss-reactive ketones (excluding diaryl/α,β-unsaturated/α-hetero) is 1. The second kappa shape index (κ2) is 11.8. The Morgan fingerprint density at radius 3 is 2.29 bits per heavy atom. The van der Waals surface area contributed by atoms with Gasteiger partial charge in [-0.3, -0.25) is 14.4 Å². The zero-order chi connectivity index (χ0) is 26.6. The third-order valence-corrected chi connectivity index (χ3v) is 9.31. The summed E-state index contributed by atoms with van der Waals surface area (Å²) >= 11 is 7.61. The summed E-state index contributed by atoms with van der Waals surface area (Å²) in [6.45, 7) is 0. The molecule has 1 saturated heterocycles. The van der Waals surface area contributed by atoms with Crippen LogP contribution in [-0.4, -0.2) is 35.6 Å². The van der Waals surface area contributed by atoms with Gasteiger partial charge in [0.05, 0.1) is 16.8 Å². The van der Waals surface area contributed by atoms with Gasteiger partial charge in [-0.1, -0.05) is 85.8 Å². The first-order valence-electron chi connectivity index (χ1n) is 13.4. The summed E-state index contributed by atoms with van der Waals surface area (Å²) in [7, 11) is 1.59. The highest BCUT2D eigenvalue weighted by Crippen LogP contribution is 2.52. The van der Waals surface area contributed by atoms with Gasteiger partial charge in [0.1, 0.15) is 6.04 Å². The summed E-state index contributed by atoms with van der Waals surface area (Å²) in [5.41, 5.74) is 1.69. The highest BCUT2D eigenvalue weighted by molar-refractivity contribution is 7.12. The van der Waals surface area contributed by atoms with Crippen molar-refractivity contribution in [1.29, 1.82) is 0 Å². The molecule has 1 aliphatic heterocycles. The first kappa shape index (κ1) is 26.6. The topological polar surface area (TPSA) is 66.5 Å². The number of benzene rings is 2. The summed E-state index contributed by atoms with van der Waals surface area (Å²) in [6.07, 6.45) is 5.92. The number of carbonyl (C=O) groups is 3. The standard InChI is InChI=1S/C31H33ClN2O3S/c1-33-31(37)29-26(21-14-16-23(32)17-15-21)27(30(36)24-12-7-19-38-24)28(22-10-3-2-4-11-22)34(29)25(35)18-13-20-8-5-6-9-20/h2-4,7,10-12,14-17,19-20,26-29H,5-6,8-9,13,18H2,1H3,(H,33,37). The Kier molecular flexibility index (Phi) is 8.29. The molecular weight excluding hydrogens is 516 g/mol. The molecule has 38 heavy (non-hydrogen) atoms. The number of halogens is 1. The average molecular weight is 549 g/mol. The Balaban J connectivity index is 1.65. The minimum Gasteiger partial charge on any atom is -0.357 e. The van der Waals surface area contributed by atoms with Gasteiger partial charge < -0.3 is 10.2 Å². The van der Waals surface area contributed by atoms with E-state index in [2.05, 4.69) is 5.32 Å².